The van der Waals surface area contributed by atoms with Crippen molar-refractivity contribution in [3.63, 3.8) is 0 Å². The van der Waals surface area contributed by atoms with E-state index in [1.807, 2.05) is 32.1 Å². The summed E-state index contributed by atoms with van der Waals surface area (Å²) < 4.78 is 4.69. The summed E-state index contributed by atoms with van der Waals surface area (Å²) in [5.74, 6) is 0.754. The van der Waals surface area contributed by atoms with Crippen LogP contribution in [0.25, 0.3) is 6.08 Å². The van der Waals surface area contributed by atoms with Crippen molar-refractivity contribution in [3.8, 4) is 0 Å². The molecule has 0 radical (unpaired) electrons. The summed E-state index contributed by atoms with van der Waals surface area (Å²) in [7, 11) is 1.71. The van der Waals surface area contributed by atoms with Gasteiger partial charge in [0.25, 0.3) is 0 Å². The fourth-order valence-electron chi connectivity index (χ4n) is 4.01. The number of aliphatic imine (C=N–C) groups is 1. The van der Waals surface area contributed by atoms with Gasteiger partial charge >= 0.3 is 0 Å². The molecule has 0 amide bonds. The van der Waals surface area contributed by atoms with Crippen molar-refractivity contribution in [3.05, 3.63) is 102 Å². The number of benzene rings is 1. The molecule has 1 N–H and O–H groups in total. The van der Waals surface area contributed by atoms with E-state index in [0.717, 1.165) is 55.7 Å². The Morgan fingerprint density at radius 2 is 1.92 bits per heavy atom. The first-order valence-electron chi connectivity index (χ1n) is 13.4. The first-order chi connectivity index (χ1) is 17.7. The minimum absolute atomic E-state index is 0.370. The maximum absolute atomic E-state index is 8.64. The maximum atomic E-state index is 8.64. The van der Waals surface area contributed by atoms with Crippen molar-refractivity contribution < 1.29 is 4.74 Å². The molecule has 2 atom stereocenters. The van der Waals surface area contributed by atoms with E-state index in [2.05, 4.69) is 86.2 Å². The van der Waals surface area contributed by atoms with Crippen molar-refractivity contribution in [1.82, 2.24) is 0 Å². The van der Waals surface area contributed by atoms with Crippen LogP contribution in [0.4, 0.5) is 0 Å². The first-order valence-corrected chi connectivity index (χ1v) is 13.4. The van der Waals surface area contributed by atoms with Gasteiger partial charge in [0.15, 0.2) is 0 Å². The second-order valence-electron chi connectivity index (χ2n) is 8.32. The van der Waals surface area contributed by atoms with Crippen LogP contribution < -0.4 is 0 Å². The molecule has 2 unspecified atom stereocenters. The lowest BCUT2D eigenvalue weighted by atomic mass is 9.75. The highest BCUT2D eigenvalue weighted by Gasteiger charge is 2.27. The Labute approximate surface area is 220 Å². The molecular weight excluding hydrogens is 440 g/mol. The summed E-state index contributed by atoms with van der Waals surface area (Å²) >= 11 is 0. The van der Waals surface area contributed by atoms with Crippen LogP contribution >= 0.6 is 0 Å². The van der Waals surface area contributed by atoms with Crippen LogP contribution in [0.3, 0.4) is 0 Å². The first kappa shape index (κ1) is 31.0. The predicted molar refractivity (Wildman–Crippen MR) is 160 cm³/mol. The third kappa shape index (κ3) is 10.3. The summed E-state index contributed by atoms with van der Waals surface area (Å²) in [6.07, 6.45) is 25.6. The standard InChI is InChI=1S/C20H21N.C7H9N.C4H10O.C2H6/c1-2-3-8-15-13-14-16-9-4-5-11-18(16)20(21)19-12-7-6-10-17(15)19;1-2-7-5-3-4-6-8-7;1-3-4-5-2;1-2/h3-9,11-15,17,21H,2,10H2,1H3;2-3,5H,1,4,6H2;3-4H2,1-2H3;1-2H3/b8-3?,14-13-,21-20?;;;. The Hall–Kier alpha value is -3.04. The lowest BCUT2D eigenvalue weighted by Crippen LogP contribution is -2.22. The van der Waals surface area contributed by atoms with Crippen molar-refractivity contribution in [2.75, 3.05) is 20.3 Å². The number of hydrogen-bond acceptors (Lipinski definition) is 3. The van der Waals surface area contributed by atoms with Crippen LogP contribution in [0.1, 0.15) is 64.5 Å². The molecular formula is C33H46N2O. The highest BCUT2D eigenvalue weighted by Crippen LogP contribution is 2.35. The molecule has 1 aliphatic heterocycles. The monoisotopic (exact) mass is 486 g/mol. The number of fused-ring (bicyclic) bond motifs is 2. The molecule has 1 aromatic rings. The van der Waals surface area contributed by atoms with Crippen LogP contribution in [-0.2, 0) is 4.74 Å². The number of allylic oxidation sites excluding steroid dienone is 9. The van der Waals surface area contributed by atoms with Crippen molar-refractivity contribution >= 4 is 17.5 Å². The third-order valence-corrected chi connectivity index (χ3v) is 5.77. The van der Waals surface area contributed by atoms with Crippen LogP contribution in [-0.4, -0.2) is 31.7 Å². The number of nitrogens with zero attached hydrogens (tertiary/aromatic N) is 1. The largest absolute Gasteiger partial charge is 0.385 e. The fraction of sp³-hybridized carbons (Fsp3) is 0.394. The average molecular weight is 487 g/mol. The molecule has 3 heteroatoms. The number of rotatable bonds is 5. The summed E-state index contributed by atoms with van der Waals surface area (Å²) in [4.78, 5) is 4.16. The van der Waals surface area contributed by atoms with Crippen molar-refractivity contribution in [1.29, 1.82) is 5.41 Å². The molecule has 0 spiro atoms. The van der Waals surface area contributed by atoms with E-state index >= 15 is 0 Å². The van der Waals surface area contributed by atoms with E-state index in [9.17, 15) is 0 Å². The van der Waals surface area contributed by atoms with E-state index in [-0.39, 0.29) is 0 Å². The Bertz CT molecular complexity index is 973. The van der Waals surface area contributed by atoms with Crippen LogP contribution in [0, 0.1) is 17.2 Å². The SMILES string of the molecule is C=CC1=NCCC=C1.CC.CCC=CC1/C=C\c2ccccc2C(=N)C2=CC=CCC21.CCCOC. The second-order valence-corrected chi connectivity index (χ2v) is 8.32. The van der Waals surface area contributed by atoms with Gasteiger partial charge in [-0.1, -0.05) is 107 Å². The van der Waals surface area contributed by atoms with E-state index < -0.39 is 0 Å². The van der Waals surface area contributed by atoms with Crippen LogP contribution in [0.5, 0.6) is 0 Å². The zero-order valence-electron chi connectivity index (χ0n) is 23.0. The lowest BCUT2D eigenvalue weighted by Gasteiger charge is -2.29. The topological polar surface area (TPSA) is 45.4 Å². The molecule has 1 aromatic carbocycles. The molecule has 0 bridgehead atoms. The van der Waals surface area contributed by atoms with Crippen molar-refractivity contribution in [2.45, 2.75) is 53.4 Å². The smallest absolute Gasteiger partial charge is 0.0653 e. The molecule has 0 saturated carbocycles. The van der Waals surface area contributed by atoms with Gasteiger partial charge in [-0.3, -0.25) is 10.4 Å². The average Bonchev–Trinajstić information content (AvgIpc) is 2.95. The Balaban J connectivity index is 0.000000356. The van der Waals surface area contributed by atoms with Gasteiger partial charge in [-0.05, 0) is 54.9 Å². The van der Waals surface area contributed by atoms with E-state index in [4.69, 9.17) is 10.1 Å². The van der Waals surface area contributed by atoms with Crippen molar-refractivity contribution in [2.24, 2.45) is 16.8 Å². The maximum Gasteiger partial charge on any atom is 0.0653 e. The van der Waals surface area contributed by atoms with Gasteiger partial charge in [0.2, 0.25) is 0 Å². The van der Waals surface area contributed by atoms with Gasteiger partial charge in [-0.2, -0.15) is 0 Å². The molecule has 4 rings (SSSR count). The van der Waals surface area contributed by atoms with Gasteiger partial charge in [0, 0.05) is 31.7 Å². The Kier molecular flexibility index (Phi) is 16.5. The molecule has 36 heavy (non-hydrogen) atoms. The highest BCUT2D eigenvalue weighted by atomic mass is 16.5. The number of methoxy groups -OCH3 is 1. The fourth-order valence-corrected chi connectivity index (χ4v) is 4.01. The lowest BCUT2D eigenvalue weighted by molar-refractivity contribution is 0.199. The molecule has 3 nitrogen and oxygen atoms in total. The third-order valence-electron chi connectivity index (χ3n) is 5.77. The molecule has 0 saturated heterocycles. The van der Waals surface area contributed by atoms with E-state index in [1.54, 1.807) is 13.2 Å². The number of nitrogens with one attached hydrogen (secondary N) is 1. The van der Waals surface area contributed by atoms with Crippen LogP contribution in [0.2, 0.25) is 0 Å². The normalized spacial score (nSPS) is 20.3. The minimum atomic E-state index is 0.370. The van der Waals surface area contributed by atoms with Gasteiger partial charge < -0.3 is 4.74 Å². The number of dihydropyridines is 1. The molecule has 3 aliphatic rings. The van der Waals surface area contributed by atoms with E-state index in [0.29, 0.717) is 17.5 Å². The summed E-state index contributed by atoms with van der Waals surface area (Å²) in [6.45, 7) is 13.7. The summed E-state index contributed by atoms with van der Waals surface area (Å²) in [5.41, 5.74) is 5.04. The van der Waals surface area contributed by atoms with Gasteiger partial charge in [0.1, 0.15) is 0 Å². The number of ether oxygens (including phenoxy) is 1. The zero-order chi connectivity index (χ0) is 26.6. The summed E-state index contributed by atoms with van der Waals surface area (Å²) in [5, 5.41) is 8.64. The molecule has 2 aliphatic carbocycles. The van der Waals surface area contributed by atoms with Gasteiger partial charge in [-0.15, -0.1) is 0 Å². The molecule has 0 aromatic heterocycles. The van der Waals surface area contributed by atoms with Gasteiger partial charge in [0.05, 0.1) is 11.4 Å². The summed E-state index contributed by atoms with van der Waals surface area (Å²) in [6, 6.07) is 8.22. The zero-order valence-corrected chi connectivity index (χ0v) is 23.0. The molecule has 194 valence electrons. The molecule has 0 fully saturated rings. The van der Waals surface area contributed by atoms with E-state index in [1.165, 1.54) is 5.57 Å². The Morgan fingerprint density at radius 1 is 1.14 bits per heavy atom. The predicted octanol–water partition coefficient (Wildman–Crippen LogP) is 8.81. The van der Waals surface area contributed by atoms with Crippen LogP contribution in [0.15, 0.2) is 96.1 Å². The molecule has 1 heterocycles. The Morgan fingerprint density at radius 3 is 2.50 bits per heavy atom. The second kappa shape index (κ2) is 19.2. The highest BCUT2D eigenvalue weighted by molar-refractivity contribution is 6.13. The minimum Gasteiger partial charge on any atom is -0.385 e. The number of hydrogen-bond donors (Lipinski definition) is 1. The quantitative estimate of drug-likeness (QED) is 0.415. The van der Waals surface area contributed by atoms with Gasteiger partial charge in [-0.25, -0.2) is 0 Å².